The molecule has 0 bridgehead atoms. The second-order valence-electron chi connectivity index (χ2n) is 17.3. The first kappa shape index (κ1) is 31.9. The summed E-state index contributed by atoms with van der Waals surface area (Å²) in [5, 5.41) is 3.94. The second-order valence-corrected chi connectivity index (χ2v) is 17.3. The van der Waals surface area contributed by atoms with Gasteiger partial charge in [-0.05, 0) is 111 Å². The van der Waals surface area contributed by atoms with Gasteiger partial charge in [-0.15, -0.1) is 0 Å². The highest BCUT2D eigenvalue weighted by molar-refractivity contribution is 6.11. The van der Waals surface area contributed by atoms with Crippen LogP contribution in [0.2, 0.25) is 0 Å². The summed E-state index contributed by atoms with van der Waals surface area (Å²) in [5.41, 5.74) is 21.3. The van der Waals surface area contributed by atoms with Crippen LogP contribution in [-0.2, 0) is 17.3 Å². The van der Waals surface area contributed by atoms with Gasteiger partial charge >= 0.3 is 0 Å². The lowest BCUT2D eigenvalue weighted by Crippen LogP contribution is -2.19. The summed E-state index contributed by atoms with van der Waals surface area (Å²) in [5.74, 6) is 0.422. The van der Waals surface area contributed by atoms with E-state index in [1.165, 1.54) is 105 Å². The van der Waals surface area contributed by atoms with Gasteiger partial charge in [0.15, 0.2) is 0 Å². The van der Waals surface area contributed by atoms with Crippen molar-refractivity contribution in [3.63, 3.8) is 0 Å². The average Bonchev–Trinajstić information content (AvgIpc) is 3.88. The number of fused-ring (bicyclic) bond motifs is 12. The average molecular weight is 719 g/mol. The normalized spacial score (nSPS) is 17.1. The van der Waals surface area contributed by atoms with Crippen molar-refractivity contribution in [1.29, 1.82) is 0 Å². The Morgan fingerprint density at radius 3 is 1.86 bits per heavy atom. The van der Waals surface area contributed by atoms with Crippen molar-refractivity contribution < 1.29 is 0 Å². The molecule has 1 atom stereocenters. The molecule has 2 nitrogen and oxygen atoms in total. The number of hydrogen-bond acceptors (Lipinski definition) is 0. The molecule has 2 aromatic heterocycles. The molecule has 9 aromatic rings. The predicted molar refractivity (Wildman–Crippen MR) is 235 cm³/mol. The quantitative estimate of drug-likeness (QED) is 0.172. The van der Waals surface area contributed by atoms with Gasteiger partial charge in [0.1, 0.15) is 0 Å². The first-order valence-electron chi connectivity index (χ1n) is 20.1. The van der Waals surface area contributed by atoms with Crippen molar-refractivity contribution in [1.82, 2.24) is 9.13 Å². The Labute approximate surface area is 328 Å². The minimum Gasteiger partial charge on any atom is -0.310 e. The zero-order valence-corrected chi connectivity index (χ0v) is 32.3. The Balaban J connectivity index is 1.01. The SMILES string of the molecule is CC1(C)C2=Cc3c(c4ccccc4n3-c3cccc(-c4cccc(-n5c6ccccc6c6cc7c(cc65)C(C)(C)c5ccccc5-7)c4)c3)CC2c2ccccc21. The molecule has 56 heavy (non-hydrogen) atoms. The lowest BCUT2D eigenvalue weighted by Gasteiger charge is -2.28. The Morgan fingerprint density at radius 2 is 1.09 bits per heavy atom. The van der Waals surface area contributed by atoms with Gasteiger partial charge in [-0.1, -0.05) is 142 Å². The van der Waals surface area contributed by atoms with Crippen LogP contribution in [0.1, 0.15) is 67.1 Å². The van der Waals surface area contributed by atoms with Gasteiger partial charge in [-0.3, -0.25) is 0 Å². The Kier molecular flexibility index (Phi) is 6.33. The number of aromatic nitrogens is 2. The van der Waals surface area contributed by atoms with Crippen LogP contribution in [0.5, 0.6) is 0 Å². The molecule has 2 heterocycles. The highest BCUT2D eigenvalue weighted by Crippen LogP contribution is 2.55. The van der Waals surface area contributed by atoms with Crippen molar-refractivity contribution in [3.8, 4) is 33.6 Å². The summed E-state index contributed by atoms with van der Waals surface area (Å²) in [6, 6.07) is 59.2. The maximum Gasteiger partial charge on any atom is 0.0544 e. The molecule has 0 spiro atoms. The first-order chi connectivity index (χ1) is 27.3. The van der Waals surface area contributed by atoms with Crippen molar-refractivity contribution in [3.05, 3.63) is 197 Å². The molecule has 12 rings (SSSR count). The van der Waals surface area contributed by atoms with Gasteiger partial charge in [0.05, 0.1) is 22.2 Å². The van der Waals surface area contributed by atoms with Crippen LogP contribution in [0, 0.1) is 0 Å². The highest BCUT2D eigenvalue weighted by atomic mass is 15.0. The standard InChI is InChI=1S/C54H42N2/c1-53(2)45-23-9-5-19-37(45)41-29-43-39-21-7-11-25-49(39)55(51(43)31-47(41)53)35-17-13-15-33(27-35)34-16-14-18-36(28-34)56-50-26-12-8-22-40(50)44-30-42-38-20-6-10-24-46(38)54(3,4)48(42)32-52(44)56/h5-29,31-32,42H,30H2,1-4H3. The Morgan fingerprint density at radius 1 is 0.464 bits per heavy atom. The fraction of sp³-hybridized carbons (Fsp3) is 0.148. The molecule has 0 aliphatic heterocycles. The third-order valence-corrected chi connectivity index (χ3v) is 13.7. The van der Waals surface area contributed by atoms with E-state index in [4.69, 9.17) is 0 Å². The van der Waals surface area contributed by atoms with Crippen molar-refractivity contribution >= 4 is 38.8 Å². The van der Waals surface area contributed by atoms with E-state index in [9.17, 15) is 0 Å². The summed E-state index contributed by atoms with van der Waals surface area (Å²) >= 11 is 0. The first-order valence-corrected chi connectivity index (χ1v) is 20.1. The number of benzene rings is 7. The van der Waals surface area contributed by atoms with Crippen molar-refractivity contribution in [2.24, 2.45) is 0 Å². The molecular formula is C54H42N2. The third-order valence-electron chi connectivity index (χ3n) is 13.7. The fourth-order valence-corrected chi connectivity index (χ4v) is 11.0. The second kappa shape index (κ2) is 11.1. The molecule has 7 aromatic carbocycles. The Hall–Kier alpha value is -6.38. The van der Waals surface area contributed by atoms with Crippen LogP contribution < -0.4 is 0 Å². The van der Waals surface area contributed by atoms with Crippen LogP contribution >= 0.6 is 0 Å². The summed E-state index contributed by atoms with van der Waals surface area (Å²) in [6.07, 6.45) is 3.57. The van der Waals surface area contributed by atoms with Crippen molar-refractivity contribution in [2.75, 3.05) is 0 Å². The monoisotopic (exact) mass is 718 g/mol. The molecule has 3 aliphatic carbocycles. The minimum absolute atomic E-state index is 0.00482. The molecule has 0 saturated carbocycles. The van der Waals surface area contributed by atoms with Gasteiger partial charge < -0.3 is 9.13 Å². The number of allylic oxidation sites excluding steroid dienone is 1. The van der Waals surface area contributed by atoms with E-state index in [0.29, 0.717) is 5.92 Å². The van der Waals surface area contributed by atoms with E-state index in [1.807, 2.05) is 0 Å². The smallest absolute Gasteiger partial charge is 0.0544 e. The predicted octanol–water partition coefficient (Wildman–Crippen LogP) is 13.7. The molecule has 0 radical (unpaired) electrons. The Bertz CT molecular complexity index is 3180. The zero-order chi connectivity index (χ0) is 37.5. The van der Waals surface area contributed by atoms with E-state index < -0.39 is 0 Å². The van der Waals surface area contributed by atoms with E-state index >= 15 is 0 Å². The largest absolute Gasteiger partial charge is 0.310 e. The number of rotatable bonds is 3. The van der Waals surface area contributed by atoms with Gasteiger partial charge in [0.2, 0.25) is 0 Å². The van der Waals surface area contributed by atoms with E-state index in [2.05, 4.69) is 201 Å². The molecule has 268 valence electrons. The number of hydrogen-bond donors (Lipinski definition) is 0. The fourth-order valence-electron chi connectivity index (χ4n) is 11.0. The molecular weight excluding hydrogens is 677 g/mol. The van der Waals surface area contributed by atoms with Gasteiger partial charge in [-0.2, -0.15) is 0 Å². The third kappa shape index (κ3) is 4.17. The molecule has 0 N–H and O–H groups in total. The topological polar surface area (TPSA) is 9.86 Å². The summed E-state index contributed by atoms with van der Waals surface area (Å²) in [6.45, 7) is 9.57. The van der Waals surface area contributed by atoms with Crippen LogP contribution in [0.15, 0.2) is 163 Å². The number of nitrogens with zero attached hydrogens (tertiary/aromatic N) is 2. The lowest BCUT2D eigenvalue weighted by molar-refractivity contribution is 0.613. The highest BCUT2D eigenvalue weighted by Gasteiger charge is 2.44. The van der Waals surface area contributed by atoms with Crippen LogP contribution in [0.4, 0.5) is 0 Å². The van der Waals surface area contributed by atoms with Crippen molar-refractivity contribution in [2.45, 2.75) is 50.9 Å². The van der Waals surface area contributed by atoms with E-state index in [-0.39, 0.29) is 10.8 Å². The molecule has 1 unspecified atom stereocenters. The van der Waals surface area contributed by atoms with Crippen LogP contribution in [0.25, 0.3) is 72.4 Å². The summed E-state index contributed by atoms with van der Waals surface area (Å²) in [4.78, 5) is 0. The minimum atomic E-state index is -0.0696. The van der Waals surface area contributed by atoms with Gasteiger partial charge in [0, 0.05) is 44.3 Å². The zero-order valence-electron chi connectivity index (χ0n) is 32.3. The maximum atomic E-state index is 2.54. The van der Waals surface area contributed by atoms with E-state index in [1.54, 1.807) is 0 Å². The lowest BCUT2D eigenvalue weighted by atomic mass is 9.76. The van der Waals surface area contributed by atoms with Gasteiger partial charge in [0.25, 0.3) is 0 Å². The molecule has 0 amide bonds. The summed E-state index contributed by atoms with van der Waals surface area (Å²) in [7, 11) is 0. The van der Waals surface area contributed by atoms with E-state index in [0.717, 1.165) is 6.42 Å². The maximum absolute atomic E-state index is 2.54. The van der Waals surface area contributed by atoms with Crippen LogP contribution in [0.3, 0.4) is 0 Å². The molecule has 2 heteroatoms. The summed E-state index contributed by atoms with van der Waals surface area (Å²) < 4.78 is 5.00. The molecule has 3 aliphatic rings. The van der Waals surface area contributed by atoms with Crippen LogP contribution in [-0.4, -0.2) is 9.13 Å². The molecule has 0 saturated heterocycles. The number of para-hydroxylation sites is 2. The van der Waals surface area contributed by atoms with Gasteiger partial charge in [-0.25, -0.2) is 0 Å². The molecule has 0 fully saturated rings.